The zero-order chi connectivity index (χ0) is 17.7. The Hall–Kier alpha value is -1.82. The van der Waals surface area contributed by atoms with E-state index in [4.69, 9.17) is 9.72 Å². The molecule has 0 bridgehead atoms. The molecule has 0 unspecified atom stereocenters. The molecule has 2 rings (SSSR count). The summed E-state index contributed by atoms with van der Waals surface area (Å²) >= 11 is 0. The first-order chi connectivity index (χ1) is 11.3. The summed E-state index contributed by atoms with van der Waals surface area (Å²) in [5.41, 5.74) is 1.47. The van der Waals surface area contributed by atoms with Crippen molar-refractivity contribution in [2.75, 3.05) is 37.6 Å². The van der Waals surface area contributed by atoms with E-state index in [9.17, 15) is 4.79 Å². The van der Waals surface area contributed by atoms with Gasteiger partial charge in [0, 0.05) is 38.4 Å². The smallest absolute Gasteiger partial charge is 0.407 e. The third kappa shape index (κ3) is 5.37. The number of amides is 1. The highest BCUT2D eigenvalue weighted by Gasteiger charge is 2.18. The van der Waals surface area contributed by atoms with Gasteiger partial charge in [0.1, 0.15) is 11.4 Å². The number of rotatable bonds is 4. The summed E-state index contributed by atoms with van der Waals surface area (Å²) < 4.78 is 5.26. The summed E-state index contributed by atoms with van der Waals surface area (Å²) in [5.74, 6) is 1.02. The van der Waals surface area contributed by atoms with Gasteiger partial charge in [-0.05, 0) is 45.9 Å². The van der Waals surface area contributed by atoms with Gasteiger partial charge in [-0.3, -0.25) is 0 Å². The maximum Gasteiger partial charge on any atom is 0.407 e. The molecule has 0 saturated carbocycles. The average Bonchev–Trinajstić information content (AvgIpc) is 2.52. The summed E-state index contributed by atoms with van der Waals surface area (Å²) in [6, 6.07) is 4.09. The molecule has 1 aliphatic heterocycles. The number of ether oxygens (including phenoxy) is 1. The molecule has 0 atom stereocenters. The first-order valence-electron chi connectivity index (χ1n) is 8.69. The summed E-state index contributed by atoms with van der Waals surface area (Å²) in [6.45, 7) is 15.5. The van der Waals surface area contributed by atoms with Crippen LogP contribution in [-0.2, 0) is 11.3 Å². The van der Waals surface area contributed by atoms with Crippen LogP contribution in [-0.4, -0.2) is 54.3 Å². The molecule has 0 spiro atoms. The van der Waals surface area contributed by atoms with Crippen LogP contribution in [0.3, 0.4) is 0 Å². The second kappa shape index (κ2) is 7.83. The molecule has 1 fully saturated rings. The molecule has 0 aromatic carbocycles. The lowest BCUT2D eigenvalue weighted by atomic mass is 10.2. The van der Waals surface area contributed by atoms with Crippen LogP contribution < -0.4 is 10.2 Å². The number of likely N-dealkylation sites (N-methyl/N-ethyl adjacent to an activating group) is 1. The lowest BCUT2D eigenvalue weighted by Gasteiger charge is -2.35. The summed E-state index contributed by atoms with van der Waals surface area (Å²) in [7, 11) is 0. The fraction of sp³-hybridized carbons (Fsp3) is 0.667. The second-order valence-electron chi connectivity index (χ2n) is 7.19. The van der Waals surface area contributed by atoms with Crippen molar-refractivity contribution in [3.63, 3.8) is 0 Å². The van der Waals surface area contributed by atoms with Gasteiger partial charge in [0.05, 0.1) is 0 Å². The number of aromatic nitrogens is 1. The van der Waals surface area contributed by atoms with Gasteiger partial charge in [-0.1, -0.05) is 13.0 Å². The molecule has 1 N–H and O–H groups in total. The van der Waals surface area contributed by atoms with Gasteiger partial charge < -0.3 is 19.9 Å². The quantitative estimate of drug-likeness (QED) is 0.917. The van der Waals surface area contributed by atoms with E-state index in [-0.39, 0.29) is 0 Å². The minimum Gasteiger partial charge on any atom is -0.444 e. The Labute approximate surface area is 145 Å². The van der Waals surface area contributed by atoms with Gasteiger partial charge in [0.25, 0.3) is 0 Å². The van der Waals surface area contributed by atoms with Crippen LogP contribution in [0.25, 0.3) is 0 Å². The molecule has 2 heterocycles. The highest BCUT2D eigenvalue weighted by Crippen LogP contribution is 2.17. The fourth-order valence-corrected chi connectivity index (χ4v) is 2.71. The van der Waals surface area contributed by atoms with Crippen LogP contribution in [0.4, 0.5) is 10.6 Å². The van der Waals surface area contributed by atoms with Crippen LogP contribution in [0.1, 0.15) is 39.0 Å². The molecule has 1 aromatic rings. The van der Waals surface area contributed by atoms with Crippen LogP contribution in [0.5, 0.6) is 0 Å². The summed E-state index contributed by atoms with van der Waals surface area (Å²) in [4.78, 5) is 21.2. The Bertz CT molecular complexity index is 561. The summed E-state index contributed by atoms with van der Waals surface area (Å²) in [5, 5.41) is 2.79. The van der Waals surface area contributed by atoms with Crippen molar-refractivity contribution in [1.82, 2.24) is 15.2 Å². The molecule has 24 heavy (non-hydrogen) atoms. The predicted molar refractivity (Wildman–Crippen MR) is 96.4 cm³/mol. The van der Waals surface area contributed by atoms with Crippen molar-refractivity contribution < 1.29 is 9.53 Å². The topological polar surface area (TPSA) is 57.7 Å². The second-order valence-corrected chi connectivity index (χ2v) is 7.19. The first kappa shape index (κ1) is 18.5. The van der Waals surface area contributed by atoms with E-state index >= 15 is 0 Å². The molecule has 1 amide bonds. The van der Waals surface area contributed by atoms with Crippen LogP contribution >= 0.6 is 0 Å². The monoisotopic (exact) mass is 334 g/mol. The van der Waals surface area contributed by atoms with Gasteiger partial charge in [-0.15, -0.1) is 0 Å². The number of carbonyl (C=O) groups is 1. The van der Waals surface area contributed by atoms with Crippen molar-refractivity contribution in [2.45, 2.75) is 46.8 Å². The summed E-state index contributed by atoms with van der Waals surface area (Å²) in [6.07, 6.45) is -0.401. The van der Waals surface area contributed by atoms with Crippen LogP contribution in [0.15, 0.2) is 12.1 Å². The highest BCUT2D eigenvalue weighted by atomic mass is 16.6. The Morgan fingerprint density at radius 2 is 1.92 bits per heavy atom. The first-order valence-corrected chi connectivity index (χ1v) is 8.69. The maximum absolute atomic E-state index is 11.8. The molecule has 1 aromatic heterocycles. The number of hydrogen-bond donors (Lipinski definition) is 1. The fourth-order valence-electron chi connectivity index (χ4n) is 2.71. The molecule has 6 nitrogen and oxygen atoms in total. The molecular weight excluding hydrogens is 304 g/mol. The minimum atomic E-state index is -0.484. The van der Waals surface area contributed by atoms with Gasteiger partial charge in [0.15, 0.2) is 0 Å². The Kier molecular flexibility index (Phi) is 6.04. The molecule has 134 valence electrons. The number of aryl methyl sites for hydroxylation is 1. The zero-order valence-corrected chi connectivity index (χ0v) is 15.6. The number of hydrogen-bond acceptors (Lipinski definition) is 5. The number of alkyl carbamates (subject to hydrolysis) is 1. The number of nitrogens with zero attached hydrogens (tertiary/aromatic N) is 3. The third-order valence-electron chi connectivity index (χ3n) is 4.15. The minimum absolute atomic E-state index is 0.401. The lowest BCUT2D eigenvalue weighted by molar-refractivity contribution is 0.0523. The van der Waals surface area contributed by atoms with Gasteiger partial charge in [0.2, 0.25) is 0 Å². The van der Waals surface area contributed by atoms with Crippen molar-refractivity contribution >= 4 is 11.9 Å². The van der Waals surface area contributed by atoms with E-state index in [1.807, 2.05) is 39.8 Å². The predicted octanol–water partition coefficient (Wildman–Crippen LogP) is 2.56. The van der Waals surface area contributed by atoms with Crippen molar-refractivity contribution in [3.05, 3.63) is 23.4 Å². The van der Waals surface area contributed by atoms with Crippen LogP contribution in [0, 0.1) is 6.92 Å². The zero-order valence-electron chi connectivity index (χ0n) is 15.6. The van der Waals surface area contributed by atoms with Gasteiger partial charge in [-0.2, -0.15) is 0 Å². The molecule has 1 saturated heterocycles. The van der Waals surface area contributed by atoms with E-state index in [0.29, 0.717) is 6.54 Å². The molecule has 6 heteroatoms. The lowest BCUT2D eigenvalue weighted by Crippen LogP contribution is -2.46. The maximum atomic E-state index is 11.8. The van der Waals surface area contributed by atoms with Gasteiger partial charge in [-0.25, -0.2) is 9.78 Å². The van der Waals surface area contributed by atoms with Crippen LogP contribution in [0.2, 0.25) is 0 Å². The molecule has 0 radical (unpaired) electrons. The number of piperazine rings is 1. The number of nitrogens with one attached hydrogen (secondary N) is 1. The average molecular weight is 334 g/mol. The van der Waals surface area contributed by atoms with E-state index in [0.717, 1.165) is 49.8 Å². The highest BCUT2D eigenvalue weighted by molar-refractivity contribution is 5.67. The van der Waals surface area contributed by atoms with Crippen molar-refractivity contribution in [1.29, 1.82) is 0 Å². The molecule has 0 aliphatic carbocycles. The Morgan fingerprint density at radius 3 is 2.46 bits per heavy atom. The van der Waals surface area contributed by atoms with E-state index in [2.05, 4.69) is 22.0 Å². The van der Waals surface area contributed by atoms with Crippen molar-refractivity contribution in [2.24, 2.45) is 0 Å². The molecule has 1 aliphatic rings. The molecular formula is C18H30N4O2. The van der Waals surface area contributed by atoms with E-state index < -0.39 is 11.7 Å². The van der Waals surface area contributed by atoms with Crippen molar-refractivity contribution in [3.8, 4) is 0 Å². The normalized spacial score (nSPS) is 16.1. The van der Waals surface area contributed by atoms with E-state index in [1.165, 1.54) is 0 Å². The standard InChI is InChI=1S/C18H30N4O2/c1-6-21-9-11-22(12-10-21)16-8-7-15(14(2)20-16)13-19-17(23)24-18(3,4)5/h7-8H,6,9-13H2,1-5H3,(H,19,23). The largest absolute Gasteiger partial charge is 0.444 e. The SMILES string of the molecule is CCN1CCN(c2ccc(CNC(=O)OC(C)(C)C)c(C)n2)CC1. The van der Waals surface area contributed by atoms with Gasteiger partial charge >= 0.3 is 6.09 Å². The number of carbonyl (C=O) groups excluding carboxylic acids is 1. The Morgan fingerprint density at radius 1 is 1.25 bits per heavy atom. The number of anilines is 1. The Balaban J connectivity index is 1.91. The third-order valence-corrected chi connectivity index (χ3v) is 4.15. The number of pyridine rings is 1. The van der Waals surface area contributed by atoms with E-state index in [1.54, 1.807) is 0 Å².